The van der Waals surface area contributed by atoms with Crippen LogP contribution in [0.4, 0.5) is 23.2 Å². The Morgan fingerprint density at radius 3 is 2.50 bits per heavy atom. The molecule has 1 N–H and O–H groups in total. The van der Waals surface area contributed by atoms with E-state index in [0.29, 0.717) is 0 Å². The minimum Gasteiger partial charge on any atom is -0.319 e. The van der Waals surface area contributed by atoms with Gasteiger partial charge in [0.25, 0.3) is 5.91 Å². The summed E-state index contributed by atoms with van der Waals surface area (Å²) in [6.45, 7) is 0. The zero-order chi connectivity index (χ0) is 16.3. The lowest BCUT2D eigenvalue weighted by Gasteiger charge is -2.12. The van der Waals surface area contributed by atoms with Crippen molar-refractivity contribution in [2.45, 2.75) is 10.4 Å². The second kappa shape index (κ2) is 6.58. The van der Waals surface area contributed by atoms with Crippen LogP contribution in [0, 0.1) is 5.82 Å². The predicted octanol–water partition coefficient (Wildman–Crippen LogP) is 5.34. The Kier molecular flexibility index (Phi) is 4.97. The van der Waals surface area contributed by atoms with Crippen molar-refractivity contribution in [3.05, 3.63) is 58.9 Å². The lowest BCUT2D eigenvalue weighted by molar-refractivity contribution is -0.0328. The Bertz CT molecular complexity index is 705. The number of amides is 1. The number of benzene rings is 2. The molecule has 22 heavy (non-hydrogen) atoms. The van der Waals surface area contributed by atoms with Gasteiger partial charge in [-0.25, -0.2) is 4.39 Å². The van der Waals surface area contributed by atoms with Crippen LogP contribution in [0.1, 0.15) is 10.4 Å². The van der Waals surface area contributed by atoms with Crippen LogP contribution in [0.25, 0.3) is 0 Å². The highest BCUT2D eigenvalue weighted by atomic mass is 35.5. The average molecular weight is 350 g/mol. The fraction of sp³-hybridized carbons (Fsp3) is 0.0714. The molecular formula is C14H8ClF4NOS. The highest BCUT2D eigenvalue weighted by molar-refractivity contribution is 8.00. The Morgan fingerprint density at radius 1 is 1.14 bits per heavy atom. The summed E-state index contributed by atoms with van der Waals surface area (Å²) in [5.74, 6) is -1.59. The number of carbonyl (C=O) groups excluding carboxylic acids is 1. The highest BCUT2D eigenvalue weighted by Gasteiger charge is 2.31. The van der Waals surface area contributed by atoms with Gasteiger partial charge < -0.3 is 5.32 Å². The van der Waals surface area contributed by atoms with E-state index in [9.17, 15) is 22.4 Å². The quantitative estimate of drug-likeness (QED) is 0.598. The molecule has 0 aliphatic rings. The number of nitrogens with one attached hydrogen (secondary N) is 1. The van der Waals surface area contributed by atoms with Crippen LogP contribution in [0.5, 0.6) is 0 Å². The first-order chi connectivity index (χ1) is 10.3. The summed E-state index contributed by atoms with van der Waals surface area (Å²) < 4.78 is 51.0. The monoisotopic (exact) mass is 349 g/mol. The highest BCUT2D eigenvalue weighted by Crippen LogP contribution is 2.38. The number of alkyl halides is 3. The number of thioether (sulfide) groups is 1. The maximum Gasteiger partial charge on any atom is 0.446 e. The number of halogens is 5. The Morgan fingerprint density at radius 2 is 1.82 bits per heavy atom. The van der Waals surface area contributed by atoms with E-state index in [-0.39, 0.29) is 21.2 Å². The van der Waals surface area contributed by atoms with E-state index in [1.54, 1.807) is 0 Å². The van der Waals surface area contributed by atoms with Crippen molar-refractivity contribution in [1.82, 2.24) is 0 Å². The predicted molar refractivity (Wildman–Crippen MR) is 77.7 cm³/mol. The van der Waals surface area contributed by atoms with Gasteiger partial charge in [-0.05, 0) is 42.1 Å². The molecule has 0 aromatic heterocycles. The first-order valence-corrected chi connectivity index (χ1v) is 7.07. The molecule has 0 unspecified atom stereocenters. The van der Waals surface area contributed by atoms with Crippen LogP contribution in [-0.2, 0) is 0 Å². The van der Waals surface area contributed by atoms with Crippen molar-refractivity contribution < 1.29 is 22.4 Å². The van der Waals surface area contributed by atoms with Crippen LogP contribution in [0.15, 0.2) is 47.4 Å². The van der Waals surface area contributed by atoms with Crippen molar-refractivity contribution in [2.75, 3.05) is 5.32 Å². The standard InChI is InChI=1S/C14H8ClF4NOS/c15-8-5-6-10(16)11(7-8)20-13(21)9-3-1-2-4-12(9)22-14(17,18)19/h1-7H,(H,20,21). The summed E-state index contributed by atoms with van der Waals surface area (Å²) in [6, 6.07) is 8.71. The Labute approximate surface area is 132 Å². The summed E-state index contributed by atoms with van der Waals surface area (Å²) >= 11 is 5.29. The van der Waals surface area contributed by atoms with Gasteiger partial charge in [0.1, 0.15) is 5.82 Å². The largest absolute Gasteiger partial charge is 0.446 e. The number of hydrogen-bond donors (Lipinski definition) is 1. The number of rotatable bonds is 3. The molecule has 2 nitrogen and oxygen atoms in total. The molecule has 2 aromatic rings. The van der Waals surface area contributed by atoms with E-state index in [4.69, 9.17) is 11.6 Å². The number of carbonyl (C=O) groups is 1. The molecule has 0 aliphatic carbocycles. The van der Waals surface area contributed by atoms with Gasteiger partial charge in [-0.3, -0.25) is 4.79 Å². The third kappa shape index (κ3) is 4.38. The minimum atomic E-state index is -4.53. The van der Waals surface area contributed by atoms with Crippen LogP contribution < -0.4 is 5.32 Å². The zero-order valence-corrected chi connectivity index (χ0v) is 12.3. The van der Waals surface area contributed by atoms with E-state index in [0.717, 1.165) is 6.07 Å². The van der Waals surface area contributed by atoms with Crippen LogP contribution in [-0.4, -0.2) is 11.4 Å². The first-order valence-electron chi connectivity index (χ1n) is 5.87. The topological polar surface area (TPSA) is 29.1 Å². The van der Waals surface area contributed by atoms with E-state index in [1.165, 1.54) is 36.4 Å². The van der Waals surface area contributed by atoms with E-state index < -0.39 is 29.0 Å². The zero-order valence-electron chi connectivity index (χ0n) is 10.7. The summed E-state index contributed by atoms with van der Waals surface area (Å²) in [5, 5.41) is 2.40. The fourth-order valence-corrected chi connectivity index (χ4v) is 2.49. The van der Waals surface area contributed by atoms with Gasteiger partial charge in [-0.2, -0.15) is 13.2 Å². The Balaban J connectivity index is 2.28. The van der Waals surface area contributed by atoms with E-state index in [2.05, 4.69) is 5.32 Å². The van der Waals surface area contributed by atoms with E-state index in [1.807, 2.05) is 0 Å². The smallest absolute Gasteiger partial charge is 0.319 e. The van der Waals surface area contributed by atoms with Gasteiger partial charge in [0.15, 0.2) is 0 Å². The van der Waals surface area contributed by atoms with Gasteiger partial charge in [0.05, 0.1) is 11.3 Å². The second-order valence-electron chi connectivity index (χ2n) is 4.12. The molecule has 116 valence electrons. The number of hydrogen-bond acceptors (Lipinski definition) is 2. The maximum atomic E-state index is 13.6. The van der Waals surface area contributed by atoms with Crippen LogP contribution >= 0.6 is 23.4 Å². The lowest BCUT2D eigenvalue weighted by Crippen LogP contribution is -2.15. The second-order valence-corrected chi connectivity index (χ2v) is 5.67. The molecule has 1 amide bonds. The fourth-order valence-electron chi connectivity index (χ4n) is 1.65. The summed E-state index contributed by atoms with van der Waals surface area (Å²) in [7, 11) is 0. The summed E-state index contributed by atoms with van der Waals surface area (Å²) in [4.78, 5) is 11.8. The lowest BCUT2D eigenvalue weighted by atomic mass is 10.2. The normalized spacial score (nSPS) is 11.3. The van der Waals surface area contributed by atoms with Crippen molar-refractivity contribution in [3.8, 4) is 0 Å². The molecule has 8 heteroatoms. The molecule has 0 saturated heterocycles. The molecule has 0 spiro atoms. The third-order valence-electron chi connectivity index (χ3n) is 2.53. The van der Waals surface area contributed by atoms with Gasteiger partial charge >= 0.3 is 5.51 Å². The summed E-state index contributed by atoms with van der Waals surface area (Å²) in [5.41, 5.74) is -4.94. The van der Waals surface area contributed by atoms with Gasteiger partial charge in [-0.15, -0.1) is 0 Å². The van der Waals surface area contributed by atoms with Crippen molar-refractivity contribution in [3.63, 3.8) is 0 Å². The first kappa shape index (κ1) is 16.6. The molecule has 0 fully saturated rings. The van der Waals surface area contributed by atoms with Crippen LogP contribution in [0.3, 0.4) is 0 Å². The minimum absolute atomic E-state index is 0.189. The SMILES string of the molecule is O=C(Nc1cc(Cl)ccc1F)c1ccccc1SC(F)(F)F. The van der Waals surface area contributed by atoms with Crippen LogP contribution in [0.2, 0.25) is 5.02 Å². The molecule has 2 rings (SSSR count). The van der Waals surface area contributed by atoms with Gasteiger partial charge in [0, 0.05) is 9.92 Å². The van der Waals surface area contributed by atoms with Crippen molar-refractivity contribution in [2.24, 2.45) is 0 Å². The molecule has 0 bridgehead atoms. The Hall–Kier alpha value is -1.73. The number of anilines is 1. The van der Waals surface area contributed by atoms with Crippen molar-refractivity contribution in [1.29, 1.82) is 0 Å². The van der Waals surface area contributed by atoms with Crippen molar-refractivity contribution >= 4 is 35.0 Å². The molecule has 2 aromatic carbocycles. The van der Waals surface area contributed by atoms with E-state index >= 15 is 0 Å². The molecule has 0 aliphatic heterocycles. The van der Waals surface area contributed by atoms with Gasteiger partial charge in [-0.1, -0.05) is 23.7 Å². The molecule has 0 radical (unpaired) electrons. The molecule has 0 saturated carbocycles. The van der Waals surface area contributed by atoms with Gasteiger partial charge in [0.2, 0.25) is 0 Å². The maximum absolute atomic E-state index is 13.6. The average Bonchev–Trinajstić information content (AvgIpc) is 2.41. The summed E-state index contributed by atoms with van der Waals surface area (Å²) in [6.07, 6.45) is 0. The third-order valence-corrected chi connectivity index (χ3v) is 3.58. The molecule has 0 heterocycles. The molecular weight excluding hydrogens is 342 g/mol. The molecule has 0 atom stereocenters.